The first-order valence-corrected chi connectivity index (χ1v) is 9.30. The minimum atomic E-state index is -0.564. The zero-order chi connectivity index (χ0) is 20.6. The van der Waals surface area contributed by atoms with Crippen LogP contribution in [0.15, 0.2) is 66.7 Å². The topological polar surface area (TPSA) is 81.7 Å². The molecule has 6 nitrogen and oxygen atoms in total. The Morgan fingerprint density at radius 1 is 0.828 bits per heavy atom. The maximum absolute atomic E-state index is 12.4. The van der Waals surface area contributed by atoms with E-state index >= 15 is 0 Å². The average Bonchev–Trinajstić information content (AvgIpc) is 2.76. The van der Waals surface area contributed by atoms with Crippen LogP contribution in [0, 0.1) is 0 Å². The first-order chi connectivity index (χ1) is 14.1. The second-order valence-corrected chi connectivity index (χ2v) is 6.36. The van der Waals surface area contributed by atoms with Gasteiger partial charge < -0.3 is 14.8 Å². The Labute approximate surface area is 168 Å². The quantitative estimate of drug-likeness (QED) is 0.611. The molecule has 148 valence electrons. The van der Waals surface area contributed by atoms with Gasteiger partial charge in [0.1, 0.15) is 0 Å². The van der Waals surface area contributed by atoms with E-state index in [0.29, 0.717) is 23.4 Å². The lowest BCUT2D eigenvalue weighted by Gasteiger charge is -2.09. The fourth-order valence-corrected chi connectivity index (χ4v) is 2.78. The smallest absolute Gasteiger partial charge is 0.339 e. The highest BCUT2D eigenvalue weighted by Gasteiger charge is 2.13. The number of carbonyl (C=O) groups excluding carboxylic acids is 3. The van der Waals surface area contributed by atoms with Crippen molar-refractivity contribution in [3.05, 3.63) is 77.9 Å². The standard InChI is InChI=1S/C23H21NO5/c1-2-14-28-22(26)17-10-12-18(13-11-17)24-21(25)15-29-23(27)20-9-5-7-16-6-3-4-8-19(16)20/h3-13H,2,14-15H2,1H3,(H,24,25). The summed E-state index contributed by atoms with van der Waals surface area (Å²) >= 11 is 0. The molecule has 0 aliphatic rings. The van der Waals surface area contributed by atoms with Crippen LogP contribution in [0.2, 0.25) is 0 Å². The molecule has 0 aliphatic carbocycles. The van der Waals surface area contributed by atoms with Crippen molar-refractivity contribution in [1.29, 1.82) is 0 Å². The first-order valence-electron chi connectivity index (χ1n) is 9.30. The molecule has 0 atom stereocenters. The maximum atomic E-state index is 12.4. The lowest BCUT2D eigenvalue weighted by Crippen LogP contribution is -2.21. The molecule has 0 radical (unpaired) electrons. The minimum Gasteiger partial charge on any atom is -0.462 e. The largest absolute Gasteiger partial charge is 0.462 e. The van der Waals surface area contributed by atoms with Crippen molar-refractivity contribution in [1.82, 2.24) is 0 Å². The summed E-state index contributed by atoms with van der Waals surface area (Å²) in [5.41, 5.74) is 1.30. The Bertz CT molecular complexity index is 1020. The molecule has 0 saturated heterocycles. The van der Waals surface area contributed by atoms with Crippen molar-refractivity contribution >= 4 is 34.3 Å². The summed E-state index contributed by atoms with van der Waals surface area (Å²) in [5, 5.41) is 4.32. The number of ether oxygens (including phenoxy) is 2. The molecule has 0 aromatic heterocycles. The number of benzene rings is 3. The average molecular weight is 391 g/mol. The summed E-state index contributed by atoms with van der Waals surface area (Å²) in [6.45, 7) is 1.86. The molecule has 29 heavy (non-hydrogen) atoms. The van der Waals surface area contributed by atoms with Crippen LogP contribution in [-0.4, -0.2) is 31.1 Å². The van der Waals surface area contributed by atoms with Gasteiger partial charge in [0.25, 0.3) is 5.91 Å². The van der Waals surface area contributed by atoms with Crippen LogP contribution in [0.5, 0.6) is 0 Å². The van der Waals surface area contributed by atoms with Crippen molar-refractivity contribution in [2.75, 3.05) is 18.5 Å². The maximum Gasteiger partial charge on any atom is 0.339 e. The van der Waals surface area contributed by atoms with Crippen LogP contribution >= 0.6 is 0 Å². The fourth-order valence-electron chi connectivity index (χ4n) is 2.78. The van der Waals surface area contributed by atoms with Gasteiger partial charge in [-0.3, -0.25) is 4.79 Å². The molecule has 0 spiro atoms. The summed E-state index contributed by atoms with van der Waals surface area (Å²) in [7, 11) is 0. The van der Waals surface area contributed by atoms with Crippen LogP contribution in [0.25, 0.3) is 10.8 Å². The number of hydrogen-bond acceptors (Lipinski definition) is 5. The number of nitrogens with one attached hydrogen (secondary N) is 1. The number of carbonyl (C=O) groups is 3. The molecule has 0 saturated carbocycles. The Hall–Kier alpha value is -3.67. The van der Waals surface area contributed by atoms with E-state index in [9.17, 15) is 14.4 Å². The molecular formula is C23H21NO5. The van der Waals surface area contributed by atoms with E-state index in [1.54, 1.807) is 36.4 Å². The molecule has 1 amide bonds. The van der Waals surface area contributed by atoms with Gasteiger partial charge in [0.05, 0.1) is 17.7 Å². The zero-order valence-corrected chi connectivity index (χ0v) is 16.0. The molecule has 0 fully saturated rings. The summed E-state index contributed by atoms with van der Waals surface area (Å²) in [6.07, 6.45) is 0.747. The first kappa shape index (κ1) is 20.1. The lowest BCUT2D eigenvalue weighted by atomic mass is 10.1. The molecule has 0 bridgehead atoms. The fraction of sp³-hybridized carbons (Fsp3) is 0.174. The van der Waals surface area contributed by atoms with Gasteiger partial charge in [0, 0.05) is 5.69 Å². The number of rotatable bonds is 7. The molecule has 6 heteroatoms. The third-order valence-electron chi connectivity index (χ3n) is 4.19. The third kappa shape index (κ3) is 5.19. The van der Waals surface area contributed by atoms with Crippen LogP contribution in [-0.2, 0) is 14.3 Å². The molecular weight excluding hydrogens is 370 g/mol. The van der Waals surface area contributed by atoms with E-state index in [2.05, 4.69) is 5.32 Å². The van der Waals surface area contributed by atoms with Gasteiger partial charge in [-0.2, -0.15) is 0 Å². The van der Waals surface area contributed by atoms with Crippen molar-refractivity contribution in [3.8, 4) is 0 Å². The number of esters is 2. The monoisotopic (exact) mass is 391 g/mol. The highest BCUT2D eigenvalue weighted by atomic mass is 16.5. The molecule has 3 rings (SSSR count). The van der Waals surface area contributed by atoms with Gasteiger partial charge >= 0.3 is 11.9 Å². The summed E-state index contributed by atoms with van der Waals surface area (Å²) in [5.74, 6) is -1.44. The molecule has 3 aromatic carbocycles. The van der Waals surface area contributed by atoms with E-state index in [1.807, 2.05) is 37.3 Å². The van der Waals surface area contributed by atoms with Crippen LogP contribution in [0.1, 0.15) is 34.1 Å². The van der Waals surface area contributed by atoms with Crippen LogP contribution in [0.3, 0.4) is 0 Å². The highest BCUT2D eigenvalue weighted by molar-refractivity contribution is 6.05. The van der Waals surface area contributed by atoms with Crippen LogP contribution < -0.4 is 5.32 Å². The van der Waals surface area contributed by atoms with E-state index in [0.717, 1.165) is 17.2 Å². The van der Waals surface area contributed by atoms with E-state index in [-0.39, 0.29) is 0 Å². The van der Waals surface area contributed by atoms with Crippen molar-refractivity contribution < 1.29 is 23.9 Å². The predicted octanol–water partition coefficient (Wildman–Crippen LogP) is 4.20. The third-order valence-corrected chi connectivity index (χ3v) is 4.19. The summed E-state index contributed by atoms with van der Waals surface area (Å²) in [4.78, 5) is 36.2. The van der Waals surface area contributed by atoms with E-state index in [1.165, 1.54) is 0 Å². The highest BCUT2D eigenvalue weighted by Crippen LogP contribution is 2.19. The van der Waals surface area contributed by atoms with E-state index in [4.69, 9.17) is 9.47 Å². The second kappa shape index (κ2) is 9.50. The van der Waals surface area contributed by atoms with Gasteiger partial charge in [-0.1, -0.05) is 43.3 Å². The number of amides is 1. The van der Waals surface area contributed by atoms with Crippen molar-refractivity contribution in [3.63, 3.8) is 0 Å². The Morgan fingerprint density at radius 3 is 2.31 bits per heavy atom. The Kier molecular flexibility index (Phi) is 6.58. The molecule has 0 aliphatic heterocycles. The Morgan fingerprint density at radius 2 is 1.55 bits per heavy atom. The Balaban J connectivity index is 1.55. The normalized spacial score (nSPS) is 10.4. The van der Waals surface area contributed by atoms with Gasteiger partial charge in [0.15, 0.2) is 6.61 Å². The predicted molar refractivity (Wildman–Crippen MR) is 110 cm³/mol. The van der Waals surface area contributed by atoms with Gasteiger partial charge in [0.2, 0.25) is 0 Å². The molecule has 1 N–H and O–H groups in total. The molecule has 0 unspecified atom stereocenters. The van der Waals surface area contributed by atoms with Gasteiger partial charge in [-0.05, 0) is 47.5 Å². The zero-order valence-electron chi connectivity index (χ0n) is 16.0. The number of fused-ring (bicyclic) bond motifs is 1. The van der Waals surface area contributed by atoms with E-state index < -0.39 is 24.5 Å². The minimum absolute atomic E-state index is 0.361. The van der Waals surface area contributed by atoms with Gasteiger partial charge in [-0.15, -0.1) is 0 Å². The number of anilines is 1. The molecule has 0 heterocycles. The number of hydrogen-bond donors (Lipinski definition) is 1. The summed E-state index contributed by atoms with van der Waals surface area (Å²) < 4.78 is 10.2. The van der Waals surface area contributed by atoms with Crippen molar-refractivity contribution in [2.45, 2.75) is 13.3 Å². The lowest BCUT2D eigenvalue weighted by molar-refractivity contribution is -0.119. The SMILES string of the molecule is CCCOC(=O)c1ccc(NC(=O)COC(=O)c2cccc3ccccc23)cc1. The van der Waals surface area contributed by atoms with Crippen molar-refractivity contribution in [2.24, 2.45) is 0 Å². The second-order valence-electron chi connectivity index (χ2n) is 6.36. The van der Waals surface area contributed by atoms with Gasteiger partial charge in [-0.25, -0.2) is 9.59 Å². The van der Waals surface area contributed by atoms with Crippen LogP contribution in [0.4, 0.5) is 5.69 Å². The summed E-state index contributed by atoms with van der Waals surface area (Å²) in [6, 6.07) is 19.1. The molecule has 3 aromatic rings.